The number of amides is 2. The quantitative estimate of drug-likeness (QED) is 0.322. The van der Waals surface area contributed by atoms with E-state index in [0.717, 1.165) is 0 Å². The van der Waals surface area contributed by atoms with Gasteiger partial charge in [-0.05, 0) is 0 Å². The Kier molecular flexibility index (Phi) is 4.23. The summed E-state index contributed by atoms with van der Waals surface area (Å²) in [6.07, 6.45) is 0. The minimum atomic E-state index is -2.07. The van der Waals surface area contributed by atoms with Crippen LogP contribution in [0.5, 0.6) is 0 Å². The molecule has 1 N–H and O–H groups in total. The molecule has 0 spiro atoms. The molecule has 0 atom stereocenters. The summed E-state index contributed by atoms with van der Waals surface area (Å²) in [7, 11) is 0. The number of hydrogen-bond donors (Lipinski definition) is 1. The third-order valence-electron chi connectivity index (χ3n) is 0.469. The normalized spacial score (nSPS) is 10.8. The van der Waals surface area contributed by atoms with Crippen molar-refractivity contribution in [2.75, 3.05) is 0 Å². The van der Waals surface area contributed by atoms with Crippen LogP contribution in [0.3, 0.4) is 0 Å². The second-order valence-corrected chi connectivity index (χ2v) is 4.49. The largest absolute Gasteiger partial charge is 0.287 e. The van der Waals surface area contributed by atoms with Crippen LogP contribution in [0.2, 0.25) is 0 Å². The third-order valence-corrected chi connectivity index (χ3v) is 1.25. The highest BCUT2D eigenvalue weighted by atomic mass is 127. The van der Waals surface area contributed by atoms with Crippen LogP contribution in [0.15, 0.2) is 0 Å². The zero-order chi connectivity index (χ0) is 8.36. The first-order valence-electron chi connectivity index (χ1n) is 1.91. The van der Waals surface area contributed by atoms with E-state index in [9.17, 15) is 9.59 Å². The van der Waals surface area contributed by atoms with E-state index >= 15 is 0 Å². The molecule has 10 heavy (non-hydrogen) atoms. The number of nitrogens with one attached hydrogen (secondary N) is 1. The van der Waals surface area contributed by atoms with Crippen molar-refractivity contribution in [2.45, 2.75) is 3.79 Å². The second kappa shape index (κ2) is 3.94. The Morgan fingerprint density at radius 2 is 1.70 bits per heavy atom. The Hall–Kier alpha value is 0.740. The van der Waals surface area contributed by atoms with Gasteiger partial charge in [0, 0.05) is 22.6 Å². The molecule has 0 fully saturated rings. The maximum atomic E-state index is 10.5. The number of carbonyl (C=O) groups excluding carboxylic acids is 2. The van der Waals surface area contributed by atoms with E-state index in [-0.39, 0.29) is 0 Å². The summed E-state index contributed by atoms with van der Waals surface area (Å²) in [6.45, 7) is 0. The number of hydrogen-bond acceptors (Lipinski definition) is 2. The van der Waals surface area contributed by atoms with Gasteiger partial charge in [0.05, 0.1) is 0 Å². The molecule has 0 bridgehead atoms. The third kappa shape index (κ3) is 4.54. The van der Waals surface area contributed by atoms with Crippen molar-refractivity contribution in [2.24, 2.45) is 0 Å². The average molecular weight is 316 g/mol. The lowest BCUT2D eigenvalue weighted by molar-refractivity contribution is -0.118. The van der Waals surface area contributed by atoms with Crippen LogP contribution in [-0.4, -0.2) is 13.6 Å². The Morgan fingerprint density at radius 1 is 1.30 bits per heavy atom. The van der Waals surface area contributed by atoms with Gasteiger partial charge in [0.25, 0.3) is 13.6 Å². The summed E-state index contributed by atoms with van der Waals surface area (Å²) in [5.74, 6) is -0.947. The minimum absolute atomic E-state index is 0.589. The molecule has 0 heterocycles. The first-order valence-corrected chi connectivity index (χ1v) is 4.13. The zero-order valence-electron chi connectivity index (χ0n) is 4.33. The summed E-state index contributed by atoms with van der Waals surface area (Å²) < 4.78 is -2.66. The van der Waals surface area contributed by atoms with E-state index in [1.807, 2.05) is 0 Å². The summed E-state index contributed by atoms with van der Waals surface area (Å²) >= 11 is 16.6. The predicted molar refractivity (Wildman–Crippen MR) is 47.8 cm³/mol. The summed E-state index contributed by atoms with van der Waals surface area (Å²) in [4.78, 5) is 20.7. The molecule has 0 saturated carbocycles. The highest BCUT2D eigenvalue weighted by Crippen LogP contribution is 2.25. The van der Waals surface area contributed by atoms with E-state index in [1.165, 1.54) is 22.6 Å². The average Bonchev–Trinajstić information content (AvgIpc) is 1.60. The number of carbonyl (C=O) groups is 2. The van der Waals surface area contributed by atoms with Gasteiger partial charge in [-0.25, -0.2) is 0 Å². The molecule has 0 unspecified atom stereocenters. The summed E-state index contributed by atoms with van der Waals surface area (Å²) in [5, 5.41) is 1.80. The van der Waals surface area contributed by atoms with Gasteiger partial charge in [-0.3, -0.25) is 14.9 Å². The Bertz CT molecular complexity index is 166. The molecule has 0 aliphatic carbocycles. The molecule has 0 radical (unpaired) electrons. The minimum Gasteiger partial charge on any atom is -0.284 e. The molecule has 0 aliphatic rings. The SMILES string of the molecule is O=C(I)NC(=O)C(Cl)(Cl)Cl. The summed E-state index contributed by atoms with van der Waals surface area (Å²) in [5.41, 5.74) is 0. The Labute approximate surface area is 85.5 Å². The van der Waals surface area contributed by atoms with Crippen LogP contribution < -0.4 is 5.32 Å². The maximum Gasteiger partial charge on any atom is 0.287 e. The van der Waals surface area contributed by atoms with Gasteiger partial charge in [0.1, 0.15) is 0 Å². The maximum absolute atomic E-state index is 10.5. The molecule has 3 nitrogen and oxygen atoms in total. The van der Waals surface area contributed by atoms with E-state index < -0.39 is 13.6 Å². The fraction of sp³-hybridized carbons (Fsp3) is 0.333. The van der Waals surface area contributed by atoms with Gasteiger partial charge in [-0.2, -0.15) is 0 Å². The molecule has 58 valence electrons. The van der Waals surface area contributed by atoms with Crippen LogP contribution >= 0.6 is 57.4 Å². The molecule has 0 aromatic rings. The van der Waals surface area contributed by atoms with Crippen molar-refractivity contribution in [3.63, 3.8) is 0 Å². The monoisotopic (exact) mass is 315 g/mol. The summed E-state index contributed by atoms with van der Waals surface area (Å²) in [6, 6.07) is 0. The molecule has 0 saturated heterocycles. The topological polar surface area (TPSA) is 46.2 Å². The van der Waals surface area contributed by atoms with E-state index in [2.05, 4.69) is 0 Å². The van der Waals surface area contributed by atoms with Gasteiger partial charge < -0.3 is 0 Å². The van der Waals surface area contributed by atoms with Crippen LogP contribution in [-0.2, 0) is 4.79 Å². The first-order chi connectivity index (χ1) is 4.34. The molecular formula is C3HCl3INO2. The standard InChI is InChI=1S/C3HCl3INO2/c4-3(5,6)1(9)8-2(7)10/h(H,8,9,10). The number of halogens is 4. The van der Waals surface area contributed by atoms with Gasteiger partial charge in [0.15, 0.2) is 0 Å². The number of rotatable bonds is 0. The van der Waals surface area contributed by atoms with Crippen molar-refractivity contribution in [1.82, 2.24) is 5.32 Å². The van der Waals surface area contributed by atoms with Gasteiger partial charge in [0.2, 0.25) is 0 Å². The number of imide groups is 1. The smallest absolute Gasteiger partial charge is 0.284 e. The molecule has 0 rings (SSSR count). The second-order valence-electron chi connectivity index (χ2n) is 1.23. The van der Waals surface area contributed by atoms with E-state index in [4.69, 9.17) is 34.8 Å². The van der Waals surface area contributed by atoms with Crippen molar-refractivity contribution >= 4 is 67.2 Å². The van der Waals surface area contributed by atoms with Crippen LogP contribution in [0, 0.1) is 0 Å². The van der Waals surface area contributed by atoms with Gasteiger partial charge in [-0.1, -0.05) is 34.8 Å². The Balaban J connectivity index is 3.99. The van der Waals surface area contributed by atoms with Crippen LogP contribution in [0.25, 0.3) is 0 Å². The zero-order valence-corrected chi connectivity index (χ0v) is 8.75. The van der Waals surface area contributed by atoms with E-state index in [0.29, 0.717) is 0 Å². The highest BCUT2D eigenvalue weighted by molar-refractivity contribution is 14.1. The van der Waals surface area contributed by atoms with Crippen LogP contribution in [0.4, 0.5) is 4.79 Å². The van der Waals surface area contributed by atoms with Crippen molar-refractivity contribution in [3.05, 3.63) is 0 Å². The first kappa shape index (κ1) is 10.7. The molecule has 0 aromatic heterocycles. The lowest BCUT2D eigenvalue weighted by atomic mass is 10.7. The Morgan fingerprint density at radius 3 is 1.80 bits per heavy atom. The fourth-order valence-electron chi connectivity index (χ4n) is 0.160. The van der Waals surface area contributed by atoms with E-state index in [1.54, 1.807) is 5.32 Å². The van der Waals surface area contributed by atoms with Crippen LogP contribution in [0.1, 0.15) is 0 Å². The van der Waals surface area contributed by atoms with Crippen molar-refractivity contribution in [3.8, 4) is 0 Å². The predicted octanol–water partition coefficient (Wildman–Crippen LogP) is 2.03. The van der Waals surface area contributed by atoms with Crippen molar-refractivity contribution in [1.29, 1.82) is 0 Å². The lowest BCUT2D eigenvalue weighted by Crippen LogP contribution is -2.35. The van der Waals surface area contributed by atoms with Crippen molar-refractivity contribution < 1.29 is 9.59 Å². The molecular weight excluding hydrogens is 315 g/mol. The van der Waals surface area contributed by atoms with Gasteiger partial charge >= 0.3 is 0 Å². The molecule has 0 aromatic carbocycles. The lowest BCUT2D eigenvalue weighted by Gasteiger charge is -2.07. The molecule has 7 heteroatoms. The highest BCUT2D eigenvalue weighted by Gasteiger charge is 2.31. The van der Waals surface area contributed by atoms with Gasteiger partial charge in [-0.15, -0.1) is 0 Å². The molecule has 0 aliphatic heterocycles. The number of alkyl halides is 3. The fourth-order valence-corrected chi connectivity index (χ4v) is 0.547. The molecule has 2 amide bonds.